The standard InChI is InChI=1S/C28H23BrFN3OS/c1-17-8-10-22(12-18(17)2)33-27(34)26(31(3)28(33)35)13-20-16-32(15-19-6-4-5-7-24(19)30)25-11-9-21(29)14-23(20)25/h4-14,16H,15H2,1-3H3/b26-13-. The van der Waals surface area contributed by atoms with Gasteiger partial charge in [-0.05, 0) is 79.7 Å². The molecule has 1 aliphatic rings. The van der Waals surface area contributed by atoms with E-state index in [1.54, 1.807) is 21.9 Å². The number of nitrogens with zero attached hydrogens (tertiary/aromatic N) is 3. The van der Waals surface area contributed by atoms with Gasteiger partial charge in [-0.3, -0.25) is 9.69 Å². The summed E-state index contributed by atoms with van der Waals surface area (Å²) in [6, 6.07) is 18.6. The van der Waals surface area contributed by atoms with Gasteiger partial charge in [0, 0.05) is 39.7 Å². The summed E-state index contributed by atoms with van der Waals surface area (Å²) in [6.45, 7) is 4.44. The summed E-state index contributed by atoms with van der Waals surface area (Å²) < 4.78 is 17.3. The van der Waals surface area contributed by atoms with Crippen molar-refractivity contribution < 1.29 is 9.18 Å². The van der Waals surface area contributed by atoms with Crippen molar-refractivity contribution in [3.05, 3.63) is 105 Å². The lowest BCUT2D eigenvalue weighted by Gasteiger charge is -2.17. The minimum Gasteiger partial charge on any atom is -0.342 e. The minimum absolute atomic E-state index is 0.175. The highest BCUT2D eigenvalue weighted by Crippen LogP contribution is 2.32. The molecule has 1 aliphatic heterocycles. The quantitative estimate of drug-likeness (QED) is 0.207. The largest absolute Gasteiger partial charge is 0.342 e. The molecule has 4 nitrogen and oxygen atoms in total. The van der Waals surface area contributed by atoms with E-state index in [0.717, 1.165) is 37.8 Å². The monoisotopic (exact) mass is 547 g/mol. The SMILES string of the molecule is Cc1ccc(N2C(=O)/C(=C/c3cn(Cc4ccccc4F)c4ccc(Br)cc34)N(C)C2=S)cc1C. The van der Waals surface area contributed by atoms with Gasteiger partial charge in [-0.25, -0.2) is 4.39 Å². The molecule has 1 aromatic heterocycles. The van der Waals surface area contributed by atoms with Gasteiger partial charge in [-0.2, -0.15) is 0 Å². The fourth-order valence-corrected chi connectivity index (χ4v) is 5.00. The van der Waals surface area contributed by atoms with E-state index >= 15 is 0 Å². The van der Waals surface area contributed by atoms with Crippen molar-refractivity contribution in [2.75, 3.05) is 11.9 Å². The summed E-state index contributed by atoms with van der Waals surface area (Å²) in [4.78, 5) is 16.8. The number of aromatic nitrogens is 1. The Morgan fingerprint density at radius 2 is 1.80 bits per heavy atom. The number of likely N-dealkylation sites (N-methyl/N-ethyl adjacent to an activating group) is 1. The number of amides is 1. The van der Waals surface area contributed by atoms with Gasteiger partial charge in [0.25, 0.3) is 5.91 Å². The molecular weight excluding hydrogens is 525 g/mol. The molecular formula is C28H23BrFN3OS. The van der Waals surface area contributed by atoms with Crippen LogP contribution in [0.5, 0.6) is 0 Å². The maximum absolute atomic E-state index is 14.4. The van der Waals surface area contributed by atoms with E-state index in [4.69, 9.17) is 12.2 Å². The topological polar surface area (TPSA) is 28.5 Å². The molecule has 2 heterocycles. The van der Waals surface area contributed by atoms with E-state index < -0.39 is 0 Å². The molecule has 0 radical (unpaired) electrons. The minimum atomic E-state index is -0.244. The average molecular weight is 548 g/mol. The maximum atomic E-state index is 14.4. The van der Waals surface area contributed by atoms with E-state index in [1.807, 2.05) is 80.2 Å². The van der Waals surface area contributed by atoms with Gasteiger partial charge in [-0.1, -0.05) is 40.2 Å². The highest BCUT2D eigenvalue weighted by molar-refractivity contribution is 9.10. The molecule has 35 heavy (non-hydrogen) atoms. The molecule has 1 fully saturated rings. The number of benzene rings is 3. The number of hydrogen-bond donors (Lipinski definition) is 0. The smallest absolute Gasteiger partial charge is 0.281 e. The number of carbonyl (C=O) groups is 1. The lowest BCUT2D eigenvalue weighted by molar-refractivity contribution is -0.114. The second-order valence-electron chi connectivity index (χ2n) is 8.75. The second-order valence-corrected chi connectivity index (χ2v) is 10.0. The molecule has 0 unspecified atom stereocenters. The van der Waals surface area contributed by atoms with Crippen LogP contribution in [0.2, 0.25) is 0 Å². The van der Waals surface area contributed by atoms with Gasteiger partial charge in [0.2, 0.25) is 0 Å². The molecule has 0 bridgehead atoms. The van der Waals surface area contributed by atoms with Gasteiger partial charge in [0.15, 0.2) is 5.11 Å². The zero-order valence-electron chi connectivity index (χ0n) is 19.5. The fourth-order valence-electron chi connectivity index (χ4n) is 4.35. The number of carbonyl (C=O) groups excluding carboxylic acids is 1. The fraction of sp³-hybridized carbons (Fsp3) is 0.143. The Labute approximate surface area is 217 Å². The molecule has 1 amide bonds. The van der Waals surface area contributed by atoms with Crippen molar-refractivity contribution >= 4 is 61.8 Å². The summed E-state index contributed by atoms with van der Waals surface area (Å²) in [6.07, 6.45) is 3.82. The number of anilines is 1. The van der Waals surface area contributed by atoms with Crippen LogP contribution in [-0.4, -0.2) is 27.5 Å². The average Bonchev–Trinajstić information content (AvgIpc) is 3.26. The summed E-state index contributed by atoms with van der Waals surface area (Å²) in [7, 11) is 1.81. The predicted molar refractivity (Wildman–Crippen MR) is 147 cm³/mol. The Hall–Kier alpha value is -3.29. The molecule has 176 valence electrons. The Morgan fingerprint density at radius 3 is 2.54 bits per heavy atom. The third kappa shape index (κ3) is 4.19. The zero-order valence-corrected chi connectivity index (χ0v) is 22.0. The number of rotatable bonds is 4. The molecule has 1 saturated heterocycles. The summed E-state index contributed by atoms with van der Waals surface area (Å²) in [5.41, 5.74) is 5.90. The molecule has 0 saturated carbocycles. The van der Waals surface area contributed by atoms with Crippen LogP contribution in [0.25, 0.3) is 17.0 Å². The van der Waals surface area contributed by atoms with Crippen LogP contribution >= 0.6 is 28.1 Å². The van der Waals surface area contributed by atoms with E-state index in [9.17, 15) is 9.18 Å². The lowest BCUT2D eigenvalue weighted by atomic mass is 10.1. The van der Waals surface area contributed by atoms with Crippen LogP contribution in [0.4, 0.5) is 10.1 Å². The van der Waals surface area contributed by atoms with E-state index in [-0.39, 0.29) is 11.7 Å². The first-order valence-corrected chi connectivity index (χ1v) is 12.4. The Kier molecular flexibility index (Phi) is 6.07. The Balaban J connectivity index is 1.59. The van der Waals surface area contributed by atoms with Crippen LogP contribution in [0.15, 0.2) is 77.0 Å². The van der Waals surface area contributed by atoms with E-state index in [1.165, 1.54) is 6.07 Å². The molecule has 0 atom stereocenters. The predicted octanol–water partition coefficient (Wildman–Crippen LogP) is 6.81. The molecule has 0 aliphatic carbocycles. The third-order valence-electron chi connectivity index (χ3n) is 6.48. The van der Waals surface area contributed by atoms with Crippen LogP contribution in [-0.2, 0) is 11.3 Å². The van der Waals surface area contributed by atoms with Crippen LogP contribution < -0.4 is 4.90 Å². The highest BCUT2D eigenvalue weighted by Gasteiger charge is 2.37. The molecule has 5 rings (SSSR count). The van der Waals surface area contributed by atoms with E-state index in [2.05, 4.69) is 15.9 Å². The summed E-state index contributed by atoms with van der Waals surface area (Å²) in [5, 5.41) is 1.39. The number of halogens is 2. The van der Waals surface area contributed by atoms with Gasteiger partial charge >= 0.3 is 0 Å². The van der Waals surface area contributed by atoms with Crippen molar-refractivity contribution in [2.24, 2.45) is 0 Å². The van der Waals surface area contributed by atoms with Gasteiger partial charge in [0.05, 0.1) is 12.2 Å². The summed E-state index contributed by atoms with van der Waals surface area (Å²) >= 11 is 9.21. The number of thiocarbonyl (C=S) groups is 1. The van der Waals surface area contributed by atoms with Crippen molar-refractivity contribution in [2.45, 2.75) is 20.4 Å². The first-order valence-electron chi connectivity index (χ1n) is 11.2. The molecule has 3 aromatic carbocycles. The first kappa shape index (κ1) is 23.5. The summed E-state index contributed by atoms with van der Waals surface area (Å²) in [5.74, 6) is -0.419. The normalized spacial score (nSPS) is 15.2. The molecule has 0 spiro atoms. The van der Waals surface area contributed by atoms with Crippen molar-refractivity contribution in [3.8, 4) is 0 Å². The highest BCUT2D eigenvalue weighted by atomic mass is 79.9. The van der Waals surface area contributed by atoms with Crippen LogP contribution in [0.1, 0.15) is 22.3 Å². The second kappa shape index (κ2) is 9.06. The van der Waals surface area contributed by atoms with Gasteiger partial charge in [-0.15, -0.1) is 0 Å². The lowest BCUT2D eigenvalue weighted by Crippen LogP contribution is -2.31. The Morgan fingerprint density at radius 1 is 1.03 bits per heavy atom. The zero-order chi connectivity index (χ0) is 24.9. The molecule has 7 heteroatoms. The Bertz CT molecular complexity index is 1540. The maximum Gasteiger partial charge on any atom is 0.281 e. The first-order chi connectivity index (χ1) is 16.7. The van der Waals surface area contributed by atoms with Gasteiger partial charge in [0.1, 0.15) is 11.5 Å². The number of hydrogen-bond acceptors (Lipinski definition) is 2. The number of aryl methyl sites for hydroxylation is 2. The third-order valence-corrected chi connectivity index (χ3v) is 7.42. The van der Waals surface area contributed by atoms with E-state index in [0.29, 0.717) is 22.9 Å². The molecule has 0 N–H and O–H groups in total. The number of fused-ring (bicyclic) bond motifs is 1. The van der Waals surface area contributed by atoms with Crippen molar-refractivity contribution in [3.63, 3.8) is 0 Å². The molecule has 4 aromatic rings. The van der Waals surface area contributed by atoms with Crippen molar-refractivity contribution in [1.82, 2.24) is 9.47 Å². The van der Waals surface area contributed by atoms with Crippen LogP contribution in [0.3, 0.4) is 0 Å². The van der Waals surface area contributed by atoms with Gasteiger partial charge < -0.3 is 9.47 Å². The van der Waals surface area contributed by atoms with Crippen molar-refractivity contribution in [1.29, 1.82) is 0 Å². The van der Waals surface area contributed by atoms with Crippen LogP contribution in [0, 0.1) is 19.7 Å².